The average Bonchev–Trinajstić information content (AvgIpc) is 2.55. The third-order valence-electron chi connectivity index (χ3n) is 2.33. The molecular weight excluding hydrogens is 174 g/mol. The van der Waals surface area contributed by atoms with Gasteiger partial charge < -0.3 is 10.3 Å². The quantitative estimate of drug-likeness (QED) is 0.658. The van der Waals surface area contributed by atoms with Gasteiger partial charge in [0.15, 0.2) is 0 Å². The van der Waals surface area contributed by atoms with Gasteiger partial charge in [0, 0.05) is 11.8 Å². The molecule has 0 atom stereocenters. The fourth-order valence-corrected chi connectivity index (χ4v) is 1.66. The lowest BCUT2D eigenvalue weighted by Crippen LogP contribution is -1.90. The lowest BCUT2D eigenvalue weighted by molar-refractivity contribution is 1.34. The van der Waals surface area contributed by atoms with Gasteiger partial charge in [-0.25, -0.2) is 4.98 Å². The highest BCUT2D eigenvalue weighted by Crippen LogP contribution is 2.27. The normalized spacial score (nSPS) is 13.7. The molecule has 0 aliphatic carbocycles. The van der Waals surface area contributed by atoms with E-state index in [-0.39, 0.29) is 0 Å². The van der Waals surface area contributed by atoms with Crippen LogP contribution in [0, 0.1) is 0 Å². The highest BCUT2D eigenvalue weighted by molar-refractivity contribution is 5.94. The number of hydrogen-bond acceptors (Lipinski definition) is 2. The summed E-state index contributed by atoms with van der Waals surface area (Å²) in [4.78, 5) is 7.38. The second-order valence-electron chi connectivity index (χ2n) is 3.19. The number of benzene rings is 1. The molecule has 0 saturated heterocycles. The minimum atomic E-state index is 0.985. The Morgan fingerprint density at radius 3 is 3.14 bits per heavy atom. The van der Waals surface area contributed by atoms with Gasteiger partial charge in [-0.2, -0.15) is 0 Å². The van der Waals surface area contributed by atoms with E-state index in [1.54, 1.807) is 6.33 Å². The van der Waals surface area contributed by atoms with Crippen LogP contribution >= 0.6 is 0 Å². The molecule has 3 rings (SSSR count). The van der Waals surface area contributed by atoms with E-state index in [0.717, 1.165) is 22.3 Å². The highest BCUT2D eigenvalue weighted by Gasteiger charge is 2.07. The Morgan fingerprint density at radius 2 is 2.14 bits per heavy atom. The zero-order valence-corrected chi connectivity index (χ0v) is 7.49. The Bertz CT molecular complexity index is 534. The number of aromatic amines is 1. The number of aromatic nitrogens is 2. The lowest BCUT2D eigenvalue weighted by atomic mass is 10.1. The second kappa shape index (κ2) is 2.73. The minimum Gasteiger partial charge on any atom is -0.359 e. The zero-order chi connectivity index (χ0) is 9.38. The Hall–Kier alpha value is -2.03. The zero-order valence-electron chi connectivity index (χ0n) is 7.49. The van der Waals surface area contributed by atoms with Gasteiger partial charge >= 0.3 is 0 Å². The van der Waals surface area contributed by atoms with E-state index in [1.807, 2.05) is 24.4 Å². The van der Waals surface area contributed by atoms with E-state index in [0.29, 0.717) is 0 Å². The van der Waals surface area contributed by atoms with Gasteiger partial charge in [0.1, 0.15) is 5.52 Å². The first-order valence-corrected chi connectivity index (χ1v) is 4.51. The van der Waals surface area contributed by atoms with Crippen LogP contribution in [0.1, 0.15) is 5.56 Å². The molecule has 1 aliphatic heterocycles. The van der Waals surface area contributed by atoms with Crippen LogP contribution in [0.4, 0.5) is 5.69 Å². The van der Waals surface area contributed by atoms with E-state index in [1.165, 1.54) is 0 Å². The summed E-state index contributed by atoms with van der Waals surface area (Å²) < 4.78 is 0. The molecule has 0 fully saturated rings. The second-order valence-corrected chi connectivity index (χ2v) is 3.19. The number of rotatable bonds is 0. The molecule has 0 bridgehead atoms. The number of hydrogen-bond donors (Lipinski definition) is 2. The van der Waals surface area contributed by atoms with Gasteiger partial charge in [-0.1, -0.05) is 18.2 Å². The Labute approximate surface area is 81.2 Å². The first-order valence-electron chi connectivity index (χ1n) is 4.51. The fraction of sp³-hybridized carbons (Fsp3) is 0. The van der Waals surface area contributed by atoms with Crippen molar-refractivity contribution in [1.29, 1.82) is 0 Å². The molecule has 68 valence electrons. The maximum absolute atomic E-state index is 4.29. The smallest absolute Gasteiger partial charge is 0.112 e. The monoisotopic (exact) mass is 183 g/mol. The molecule has 1 aromatic carbocycles. The third-order valence-corrected chi connectivity index (χ3v) is 2.33. The van der Waals surface area contributed by atoms with Gasteiger partial charge in [0.25, 0.3) is 0 Å². The van der Waals surface area contributed by atoms with Crippen LogP contribution in [-0.4, -0.2) is 9.97 Å². The summed E-state index contributed by atoms with van der Waals surface area (Å²) in [6, 6.07) is 4.12. The average molecular weight is 183 g/mol. The molecule has 0 saturated carbocycles. The molecule has 2 heterocycles. The Balaban J connectivity index is 2.38. The van der Waals surface area contributed by atoms with E-state index < -0.39 is 0 Å². The number of H-pyrrole nitrogens is 1. The van der Waals surface area contributed by atoms with Crippen molar-refractivity contribution in [3.63, 3.8) is 0 Å². The Kier molecular flexibility index (Phi) is 1.44. The van der Waals surface area contributed by atoms with Crippen LogP contribution in [0.25, 0.3) is 17.1 Å². The molecular formula is C11H9N3. The van der Waals surface area contributed by atoms with Crippen LogP contribution in [-0.2, 0) is 0 Å². The summed E-state index contributed by atoms with van der Waals surface area (Å²) in [5, 5.41) is 3.23. The summed E-state index contributed by atoms with van der Waals surface area (Å²) in [6.45, 7) is 0. The van der Waals surface area contributed by atoms with Crippen molar-refractivity contribution >= 4 is 22.8 Å². The summed E-state index contributed by atoms with van der Waals surface area (Å²) in [5.41, 5.74) is 4.27. The van der Waals surface area contributed by atoms with E-state index in [2.05, 4.69) is 27.4 Å². The van der Waals surface area contributed by atoms with Crippen LogP contribution in [0.15, 0.2) is 36.8 Å². The Morgan fingerprint density at radius 1 is 1.14 bits per heavy atom. The molecule has 2 aromatic rings. The van der Waals surface area contributed by atoms with E-state index >= 15 is 0 Å². The van der Waals surface area contributed by atoms with Gasteiger partial charge in [0.2, 0.25) is 0 Å². The molecule has 3 nitrogen and oxygen atoms in total. The predicted molar refractivity (Wildman–Crippen MR) is 57.9 cm³/mol. The van der Waals surface area contributed by atoms with Crippen molar-refractivity contribution in [3.05, 3.63) is 42.4 Å². The maximum atomic E-state index is 4.29. The molecule has 3 heteroatoms. The number of nitrogens with one attached hydrogen (secondary N) is 2. The molecule has 1 aliphatic rings. The number of allylic oxidation sites excluding steroid dienone is 2. The van der Waals surface area contributed by atoms with Crippen molar-refractivity contribution in [2.45, 2.75) is 0 Å². The standard InChI is InChI=1S/C11H9N3/c1-2-6-12-10-8(3-1)4-5-9-11(10)14-7-13-9/h1-7,12H,(H,13,14). The van der Waals surface area contributed by atoms with Gasteiger partial charge in [-0.3, -0.25) is 0 Å². The summed E-state index contributed by atoms with van der Waals surface area (Å²) in [5.74, 6) is 0. The third kappa shape index (κ3) is 0.956. The number of nitrogens with zero attached hydrogens (tertiary/aromatic N) is 1. The van der Waals surface area contributed by atoms with Gasteiger partial charge in [-0.05, 0) is 12.1 Å². The first kappa shape index (κ1) is 7.38. The molecule has 0 amide bonds. The van der Waals surface area contributed by atoms with Crippen molar-refractivity contribution < 1.29 is 0 Å². The van der Waals surface area contributed by atoms with Crippen molar-refractivity contribution in [2.24, 2.45) is 0 Å². The van der Waals surface area contributed by atoms with Gasteiger partial charge in [0.05, 0.1) is 17.5 Å². The topological polar surface area (TPSA) is 40.7 Å². The summed E-state index contributed by atoms with van der Waals surface area (Å²) in [7, 11) is 0. The first-order chi connectivity index (χ1) is 6.95. The predicted octanol–water partition coefficient (Wildman–Crippen LogP) is 2.52. The van der Waals surface area contributed by atoms with Crippen LogP contribution in [0.5, 0.6) is 0 Å². The number of imidazole rings is 1. The summed E-state index contributed by atoms with van der Waals surface area (Å²) in [6.07, 6.45) is 9.68. The van der Waals surface area contributed by atoms with Crippen molar-refractivity contribution in [1.82, 2.24) is 9.97 Å². The van der Waals surface area contributed by atoms with E-state index in [9.17, 15) is 0 Å². The van der Waals surface area contributed by atoms with Crippen LogP contribution < -0.4 is 5.32 Å². The number of anilines is 1. The van der Waals surface area contributed by atoms with E-state index in [4.69, 9.17) is 0 Å². The SMILES string of the molecule is C1=CNc2c(ccc3[nH]cnc23)C=C1. The minimum absolute atomic E-state index is 0.985. The van der Waals surface area contributed by atoms with Crippen molar-refractivity contribution in [2.75, 3.05) is 5.32 Å². The lowest BCUT2D eigenvalue weighted by Gasteiger charge is -2.04. The molecule has 0 spiro atoms. The molecule has 14 heavy (non-hydrogen) atoms. The van der Waals surface area contributed by atoms with Crippen LogP contribution in [0.3, 0.4) is 0 Å². The molecule has 0 unspecified atom stereocenters. The molecule has 2 N–H and O–H groups in total. The summed E-state index contributed by atoms with van der Waals surface area (Å²) >= 11 is 0. The van der Waals surface area contributed by atoms with Crippen molar-refractivity contribution in [3.8, 4) is 0 Å². The number of fused-ring (bicyclic) bond motifs is 3. The molecule has 0 radical (unpaired) electrons. The van der Waals surface area contributed by atoms with Gasteiger partial charge in [-0.15, -0.1) is 0 Å². The molecule has 1 aromatic heterocycles. The largest absolute Gasteiger partial charge is 0.359 e. The highest BCUT2D eigenvalue weighted by atomic mass is 14.9. The fourth-order valence-electron chi connectivity index (χ4n) is 1.66. The van der Waals surface area contributed by atoms with Crippen LogP contribution in [0.2, 0.25) is 0 Å². The maximum Gasteiger partial charge on any atom is 0.112 e.